The number of terminal acetylenes is 1. The van der Waals surface area contributed by atoms with E-state index in [4.69, 9.17) is 11.2 Å². The smallest absolute Gasteiger partial charge is 0.341 e. The summed E-state index contributed by atoms with van der Waals surface area (Å²) >= 11 is 1.47. The van der Waals surface area contributed by atoms with E-state index in [2.05, 4.69) is 16.6 Å². The second-order valence-corrected chi connectivity index (χ2v) is 7.01. The van der Waals surface area contributed by atoms with Gasteiger partial charge in [0.15, 0.2) is 0 Å². The molecule has 6 heteroatoms. The zero-order valence-corrected chi connectivity index (χ0v) is 15.4. The monoisotopic (exact) mass is 368 g/mol. The van der Waals surface area contributed by atoms with Crippen molar-refractivity contribution in [3.63, 3.8) is 0 Å². The van der Waals surface area contributed by atoms with Crippen LogP contribution in [0.5, 0.6) is 0 Å². The first-order chi connectivity index (χ1) is 12.6. The number of hydrogen-bond acceptors (Lipinski definition) is 5. The third-order valence-electron chi connectivity index (χ3n) is 4.14. The predicted molar refractivity (Wildman–Crippen MR) is 104 cm³/mol. The summed E-state index contributed by atoms with van der Waals surface area (Å²) in [6.45, 7) is 2.17. The van der Waals surface area contributed by atoms with E-state index in [1.165, 1.54) is 11.3 Å². The summed E-state index contributed by atoms with van der Waals surface area (Å²) in [5, 5.41) is 6.48. The lowest BCUT2D eigenvalue weighted by molar-refractivity contribution is -0.114. The molecular formula is C20H20N2O3S. The Labute approximate surface area is 156 Å². The average molecular weight is 368 g/mol. The van der Waals surface area contributed by atoms with Crippen LogP contribution in [-0.4, -0.2) is 25.0 Å². The van der Waals surface area contributed by atoms with Crippen molar-refractivity contribution in [2.24, 2.45) is 0 Å². The molecule has 0 saturated heterocycles. The number of rotatable bonds is 6. The van der Waals surface area contributed by atoms with Gasteiger partial charge in [-0.25, -0.2) is 4.79 Å². The molecule has 2 N–H and O–H groups in total. The highest BCUT2D eigenvalue weighted by molar-refractivity contribution is 7.17. The van der Waals surface area contributed by atoms with Gasteiger partial charge in [-0.3, -0.25) is 4.79 Å². The summed E-state index contributed by atoms with van der Waals surface area (Å²) in [7, 11) is 0. The molecule has 0 unspecified atom stereocenters. The number of esters is 1. The molecule has 0 atom stereocenters. The lowest BCUT2D eigenvalue weighted by atomic mass is 10.1. The molecular weight excluding hydrogens is 348 g/mol. The summed E-state index contributed by atoms with van der Waals surface area (Å²) in [6, 6.07) is 7.30. The van der Waals surface area contributed by atoms with Gasteiger partial charge in [0.05, 0.1) is 18.7 Å². The van der Waals surface area contributed by atoms with E-state index >= 15 is 0 Å². The van der Waals surface area contributed by atoms with E-state index in [-0.39, 0.29) is 18.4 Å². The second-order valence-electron chi connectivity index (χ2n) is 5.91. The Bertz CT molecular complexity index is 880. The summed E-state index contributed by atoms with van der Waals surface area (Å²) in [5.74, 6) is 1.97. The number of hydrogen-bond donors (Lipinski definition) is 2. The van der Waals surface area contributed by atoms with E-state index in [0.29, 0.717) is 17.2 Å². The molecule has 1 aromatic carbocycles. The predicted octanol–water partition coefficient (Wildman–Crippen LogP) is 3.45. The highest BCUT2D eigenvalue weighted by atomic mass is 32.1. The van der Waals surface area contributed by atoms with E-state index in [9.17, 15) is 9.59 Å². The fraction of sp³-hybridized carbons (Fsp3) is 0.300. The first kappa shape index (κ1) is 18.0. The Morgan fingerprint density at radius 3 is 2.96 bits per heavy atom. The van der Waals surface area contributed by atoms with Gasteiger partial charge in [0, 0.05) is 16.1 Å². The Morgan fingerprint density at radius 2 is 2.19 bits per heavy atom. The van der Waals surface area contributed by atoms with Crippen LogP contribution >= 0.6 is 11.3 Å². The number of fused-ring (bicyclic) bond motifs is 1. The number of amides is 1. The van der Waals surface area contributed by atoms with Gasteiger partial charge in [-0.15, -0.1) is 17.8 Å². The SMILES string of the molecule is C#Cc1cccc(NCC(=O)Nc2sc3c(c2C(=O)OCC)CCC3)c1. The number of carbonyl (C=O) groups is 2. The van der Waals surface area contributed by atoms with Crippen LogP contribution < -0.4 is 10.6 Å². The van der Waals surface area contributed by atoms with Crippen LogP contribution in [0.25, 0.3) is 0 Å². The first-order valence-corrected chi connectivity index (χ1v) is 9.36. The third kappa shape index (κ3) is 3.89. The number of ether oxygens (including phenoxy) is 1. The van der Waals surface area contributed by atoms with Crippen molar-refractivity contribution in [2.45, 2.75) is 26.2 Å². The maximum atomic E-state index is 12.3. The second kappa shape index (κ2) is 8.07. The largest absolute Gasteiger partial charge is 0.462 e. The highest BCUT2D eigenvalue weighted by Gasteiger charge is 2.28. The van der Waals surface area contributed by atoms with Gasteiger partial charge in [-0.2, -0.15) is 0 Å². The minimum absolute atomic E-state index is 0.0822. The fourth-order valence-electron chi connectivity index (χ4n) is 2.98. The van der Waals surface area contributed by atoms with Crippen LogP contribution in [-0.2, 0) is 22.4 Å². The van der Waals surface area contributed by atoms with Gasteiger partial charge in [-0.05, 0) is 49.9 Å². The van der Waals surface area contributed by atoms with Gasteiger partial charge in [0.2, 0.25) is 5.91 Å². The first-order valence-electron chi connectivity index (χ1n) is 8.54. The van der Waals surface area contributed by atoms with Crippen molar-refractivity contribution >= 4 is 33.9 Å². The third-order valence-corrected chi connectivity index (χ3v) is 5.34. The molecule has 0 fully saturated rings. The van der Waals surface area contributed by atoms with Crippen molar-refractivity contribution in [1.29, 1.82) is 0 Å². The molecule has 3 rings (SSSR count). The number of nitrogens with one attached hydrogen (secondary N) is 2. The molecule has 0 radical (unpaired) electrons. The van der Waals surface area contributed by atoms with Crippen molar-refractivity contribution in [3.05, 3.63) is 45.8 Å². The van der Waals surface area contributed by atoms with Gasteiger partial charge in [-0.1, -0.05) is 12.0 Å². The standard InChI is InChI=1S/C20H20N2O3S/c1-3-13-7-5-8-14(11-13)21-12-17(23)22-19-18(20(24)25-4-2)15-9-6-10-16(15)26-19/h1,5,7-8,11,21H,4,6,9-10,12H2,2H3,(H,22,23). The normalized spacial score (nSPS) is 12.2. The highest BCUT2D eigenvalue weighted by Crippen LogP contribution is 2.39. The molecule has 1 aliphatic carbocycles. The van der Waals surface area contributed by atoms with Crippen LogP contribution in [0.1, 0.15) is 39.7 Å². The quantitative estimate of drug-likeness (QED) is 0.605. The number of anilines is 2. The van der Waals surface area contributed by atoms with Gasteiger partial charge in [0.25, 0.3) is 0 Å². The average Bonchev–Trinajstić information content (AvgIpc) is 3.21. The van der Waals surface area contributed by atoms with Crippen molar-refractivity contribution in [3.8, 4) is 12.3 Å². The lowest BCUT2D eigenvalue weighted by Gasteiger charge is -2.09. The molecule has 2 aromatic rings. The van der Waals surface area contributed by atoms with Crippen LogP contribution in [0.4, 0.5) is 10.7 Å². The van der Waals surface area contributed by atoms with Crippen LogP contribution in [0.15, 0.2) is 24.3 Å². The summed E-state index contributed by atoms with van der Waals surface area (Å²) in [5.41, 5.74) is 3.06. The van der Waals surface area contributed by atoms with Crippen LogP contribution in [0.3, 0.4) is 0 Å². The molecule has 0 aliphatic heterocycles. The summed E-state index contributed by atoms with van der Waals surface area (Å²) in [6.07, 6.45) is 8.22. The fourth-order valence-corrected chi connectivity index (χ4v) is 4.28. The number of aryl methyl sites for hydroxylation is 1. The Morgan fingerprint density at radius 1 is 1.35 bits per heavy atom. The molecule has 26 heavy (non-hydrogen) atoms. The Balaban J connectivity index is 1.69. The number of carbonyl (C=O) groups excluding carboxylic acids is 2. The molecule has 1 aromatic heterocycles. The molecule has 1 aliphatic rings. The minimum atomic E-state index is -0.364. The van der Waals surface area contributed by atoms with Crippen molar-refractivity contribution in [1.82, 2.24) is 0 Å². The molecule has 0 saturated carbocycles. The Hall–Kier alpha value is -2.78. The van der Waals surface area contributed by atoms with Crippen LogP contribution in [0, 0.1) is 12.3 Å². The topological polar surface area (TPSA) is 67.4 Å². The van der Waals surface area contributed by atoms with E-state index in [1.54, 1.807) is 13.0 Å². The zero-order valence-electron chi connectivity index (χ0n) is 14.6. The van der Waals surface area contributed by atoms with Crippen molar-refractivity contribution in [2.75, 3.05) is 23.8 Å². The summed E-state index contributed by atoms with van der Waals surface area (Å²) < 4.78 is 5.17. The molecule has 0 bridgehead atoms. The lowest BCUT2D eigenvalue weighted by Crippen LogP contribution is -2.22. The number of benzene rings is 1. The Kier molecular flexibility index (Phi) is 5.59. The van der Waals surface area contributed by atoms with Crippen molar-refractivity contribution < 1.29 is 14.3 Å². The van der Waals surface area contributed by atoms with Crippen LogP contribution in [0.2, 0.25) is 0 Å². The minimum Gasteiger partial charge on any atom is -0.462 e. The maximum absolute atomic E-state index is 12.3. The van der Waals surface area contributed by atoms with Gasteiger partial charge < -0.3 is 15.4 Å². The van der Waals surface area contributed by atoms with Gasteiger partial charge >= 0.3 is 5.97 Å². The molecule has 134 valence electrons. The zero-order chi connectivity index (χ0) is 18.5. The van der Waals surface area contributed by atoms with E-state index in [0.717, 1.165) is 41.0 Å². The molecule has 1 amide bonds. The molecule has 1 heterocycles. The van der Waals surface area contributed by atoms with E-state index in [1.807, 2.05) is 18.2 Å². The molecule has 0 spiro atoms. The summed E-state index contributed by atoms with van der Waals surface area (Å²) in [4.78, 5) is 25.8. The van der Waals surface area contributed by atoms with E-state index < -0.39 is 0 Å². The molecule has 5 nitrogen and oxygen atoms in total. The van der Waals surface area contributed by atoms with Gasteiger partial charge in [0.1, 0.15) is 5.00 Å². The maximum Gasteiger partial charge on any atom is 0.341 e. The number of thiophene rings is 1.